The zero-order valence-corrected chi connectivity index (χ0v) is 10.7. The summed E-state index contributed by atoms with van der Waals surface area (Å²) in [6.45, 7) is 0. The van der Waals surface area contributed by atoms with Gasteiger partial charge in [-0.05, 0) is 36.8 Å². The SMILES string of the molecule is NC(Cc1ccc(F)cc1F)C1CCCCCC1. The van der Waals surface area contributed by atoms with Crippen molar-refractivity contribution in [3.05, 3.63) is 35.4 Å². The Kier molecular flexibility index (Phi) is 4.70. The minimum atomic E-state index is -0.528. The Bertz CT molecular complexity index is 384. The van der Waals surface area contributed by atoms with E-state index in [1.807, 2.05) is 0 Å². The maximum absolute atomic E-state index is 13.6. The highest BCUT2D eigenvalue weighted by Crippen LogP contribution is 2.26. The van der Waals surface area contributed by atoms with Crippen LogP contribution < -0.4 is 5.73 Å². The molecule has 18 heavy (non-hydrogen) atoms. The largest absolute Gasteiger partial charge is 0.327 e. The molecule has 2 rings (SSSR count). The highest BCUT2D eigenvalue weighted by Gasteiger charge is 2.20. The van der Waals surface area contributed by atoms with Crippen molar-refractivity contribution in [2.24, 2.45) is 11.7 Å². The van der Waals surface area contributed by atoms with Crippen LogP contribution in [0.3, 0.4) is 0 Å². The summed E-state index contributed by atoms with van der Waals surface area (Å²) < 4.78 is 26.4. The van der Waals surface area contributed by atoms with Crippen molar-refractivity contribution >= 4 is 0 Å². The molecule has 2 N–H and O–H groups in total. The Morgan fingerprint density at radius 3 is 2.39 bits per heavy atom. The van der Waals surface area contributed by atoms with Crippen molar-refractivity contribution in [1.82, 2.24) is 0 Å². The molecular formula is C15H21F2N. The smallest absolute Gasteiger partial charge is 0.129 e. The van der Waals surface area contributed by atoms with E-state index in [2.05, 4.69) is 0 Å². The first kappa shape index (κ1) is 13.5. The molecule has 1 unspecified atom stereocenters. The summed E-state index contributed by atoms with van der Waals surface area (Å²) in [6.07, 6.45) is 7.82. The Morgan fingerprint density at radius 2 is 1.78 bits per heavy atom. The van der Waals surface area contributed by atoms with Crippen LogP contribution in [0.25, 0.3) is 0 Å². The predicted molar refractivity (Wildman–Crippen MR) is 69.2 cm³/mol. The molecule has 0 spiro atoms. The zero-order chi connectivity index (χ0) is 13.0. The number of hydrogen-bond donors (Lipinski definition) is 1. The minimum Gasteiger partial charge on any atom is -0.327 e. The van der Waals surface area contributed by atoms with Crippen molar-refractivity contribution in [3.8, 4) is 0 Å². The van der Waals surface area contributed by atoms with Gasteiger partial charge in [0, 0.05) is 12.1 Å². The lowest BCUT2D eigenvalue weighted by atomic mass is 9.88. The molecule has 1 saturated carbocycles. The standard InChI is InChI=1S/C15H21F2N/c16-13-8-7-12(14(17)10-13)9-15(18)11-5-3-1-2-4-6-11/h7-8,10-11,15H,1-6,9,18H2. The third kappa shape index (κ3) is 3.52. The van der Waals surface area contributed by atoms with E-state index in [9.17, 15) is 8.78 Å². The molecule has 0 bridgehead atoms. The van der Waals surface area contributed by atoms with E-state index in [1.165, 1.54) is 37.8 Å². The number of nitrogens with two attached hydrogens (primary N) is 1. The van der Waals surface area contributed by atoms with Crippen LogP contribution in [0, 0.1) is 17.6 Å². The molecule has 0 aliphatic heterocycles. The molecule has 0 saturated heterocycles. The van der Waals surface area contributed by atoms with Gasteiger partial charge in [-0.2, -0.15) is 0 Å². The molecular weight excluding hydrogens is 232 g/mol. The van der Waals surface area contributed by atoms with Crippen molar-refractivity contribution in [1.29, 1.82) is 0 Å². The Labute approximate surface area is 107 Å². The lowest BCUT2D eigenvalue weighted by molar-refractivity contribution is 0.369. The van der Waals surface area contributed by atoms with E-state index < -0.39 is 11.6 Å². The van der Waals surface area contributed by atoms with Gasteiger partial charge in [0.15, 0.2) is 0 Å². The van der Waals surface area contributed by atoms with Gasteiger partial charge in [0.2, 0.25) is 0 Å². The molecule has 0 aromatic heterocycles. The predicted octanol–water partition coefficient (Wildman–Crippen LogP) is 3.81. The van der Waals surface area contributed by atoms with Gasteiger partial charge in [-0.3, -0.25) is 0 Å². The van der Waals surface area contributed by atoms with Gasteiger partial charge >= 0.3 is 0 Å². The third-order valence-corrected chi connectivity index (χ3v) is 3.98. The van der Waals surface area contributed by atoms with Gasteiger partial charge in [0.25, 0.3) is 0 Å². The van der Waals surface area contributed by atoms with Crippen molar-refractivity contribution in [2.75, 3.05) is 0 Å². The van der Waals surface area contributed by atoms with Crippen LogP contribution in [0.15, 0.2) is 18.2 Å². The first-order valence-electron chi connectivity index (χ1n) is 6.86. The van der Waals surface area contributed by atoms with Crippen LogP contribution in [0.2, 0.25) is 0 Å². The van der Waals surface area contributed by atoms with Gasteiger partial charge < -0.3 is 5.73 Å². The molecule has 1 fully saturated rings. The molecule has 1 aromatic carbocycles. The second-order valence-corrected chi connectivity index (χ2v) is 5.36. The average molecular weight is 253 g/mol. The van der Waals surface area contributed by atoms with E-state index in [4.69, 9.17) is 5.73 Å². The Balaban J connectivity index is 1.98. The Hall–Kier alpha value is -0.960. The molecule has 100 valence electrons. The van der Waals surface area contributed by atoms with E-state index in [1.54, 1.807) is 0 Å². The maximum atomic E-state index is 13.6. The molecule has 1 atom stereocenters. The summed E-state index contributed by atoms with van der Waals surface area (Å²) in [4.78, 5) is 0. The monoisotopic (exact) mass is 253 g/mol. The van der Waals surface area contributed by atoms with Crippen LogP contribution in [-0.2, 0) is 6.42 Å². The number of rotatable bonds is 3. The molecule has 0 heterocycles. The molecule has 1 aliphatic carbocycles. The first-order chi connectivity index (χ1) is 8.66. The zero-order valence-electron chi connectivity index (χ0n) is 10.7. The second-order valence-electron chi connectivity index (χ2n) is 5.36. The van der Waals surface area contributed by atoms with Crippen LogP contribution in [-0.4, -0.2) is 6.04 Å². The van der Waals surface area contributed by atoms with Gasteiger partial charge in [-0.15, -0.1) is 0 Å². The lowest BCUT2D eigenvalue weighted by Crippen LogP contribution is -2.32. The fraction of sp³-hybridized carbons (Fsp3) is 0.600. The third-order valence-electron chi connectivity index (χ3n) is 3.98. The van der Waals surface area contributed by atoms with Gasteiger partial charge in [0.05, 0.1) is 0 Å². The molecule has 1 aliphatic rings. The first-order valence-corrected chi connectivity index (χ1v) is 6.86. The van der Waals surface area contributed by atoms with Crippen LogP contribution in [0.1, 0.15) is 44.1 Å². The highest BCUT2D eigenvalue weighted by molar-refractivity contribution is 5.19. The lowest BCUT2D eigenvalue weighted by Gasteiger charge is -2.22. The topological polar surface area (TPSA) is 26.0 Å². The molecule has 0 amide bonds. The summed E-state index contributed by atoms with van der Waals surface area (Å²) >= 11 is 0. The molecule has 0 radical (unpaired) electrons. The summed E-state index contributed by atoms with van der Waals surface area (Å²) in [7, 11) is 0. The second kappa shape index (κ2) is 6.28. The van der Waals surface area contributed by atoms with Gasteiger partial charge in [-0.1, -0.05) is 31.7 Å². The van der Waals surface area contributed by atoms with E-state index >= 15 is 0 Å². The van der Waals surface area contributed by atoms with Gasteiger partial charge in [-0.25, -0.2) is 8.78 Å². The maximum Gasteiger partial charge on any atom is 0.129 e. The molecule has 1 aromatic rings. The number of halogens is 2. The minimum absolute atomic E-state index is 0.0111. The number of benzene rings is 1. The van der Waals surface area contributed by atoms with Crippen LogP contribution in [0.5, 0.6) is 0 Å². The van der Waals surface area contributed by atoms with Crippen LogP contribution in [0.4, 0.5) is 8.78 Å². The van der Waals surface area contributed by atoms with Crippen LogP contribution >= 0.6 is 0 Å². The van der Waals surface area contributed by atoms with Gasteiger partial charge in [0.1, 0.15) is 11.6 Å². The average Bonchev–Trinajstić information content (AvgIpc) is 2.61. The van der Waals surface area contributed by atoms with Crippen molar-refractivity contribution in [2.45, 2.75) is 51.0 Å². The summed E-state index contributed by atoms with van der Waals surface area (Å²) in [5.74, 6) is -0.518. The summed E-state index contributed by atoms with van der Waals surface area (Å²) in [5, 5.41) is 0. The van der Waals surface area contributed by atoms with Crippen molar-refractivity contribution in [3.63, 3.8) is 0 Å². The summed E-state index contributed by atoms with van der Waals surface area (Å²) in [5.41, 5.74) is 6.73. The molecule has 3 heteroatoms. The fourth-order valence-electron chi connectivity index (χ4n) is 2.85. The Morgan fingerprint density at radius 1 is 1.11 bits per heavy atom. The normalized spacial score (nSPS) is 19.5. The summed E-state index contributed by atoms with van der Waals surface area (Å²) in [6, 6.07) is 3.75. The van der Waals surface area contributed by atoms with Crippen molar-refractivity contribution < 1.29 is 8.78 Å². The number of hydrogen-bond acceptors (Lipinski definition) is 1. The van der Waals surface area contributed by atoms with E-state index in [0.29, 0.717) is 17.9 Å². The van der Waals surface area contributed by atoms with E-state index in [0.717, 1.165) is 18.9 Å². The quantitative estimate of drug-likeness (QED) is 0.815. The molecule has 1 nitrogen and oxygen atoms in total. The fourth-order valence-corrected chi connectivity index (χ4v) is 2.85. The van der Waals surface area contributed by atoms with E-state index in [-0.39, 0.29) is 6.04 Å². The highest BCUT2D eigenvalue weighted by atomic mass is 19.1.